The van der Waals surface area contributed by atoms with Crippen LogP contribution in [-0.2, 0) is 5.54 Å². The predicted molar refractivity (Wildman–Crippen MR) is 78.9 cm³/mol. The van der Waals surface area contributed by atoms with Gasteiger partial charge in [0, 0.05) is 16.9 Å². The Morgan fingerprint density at radius 2 is 1.95 bits per heavy atom. The molecule has 1 heterocycles. The van der Waals surface area contributed by atoms with Crippen molar-refractivity contribution in [1.29, 1.82) is 0 Å². The van der Waals surface area contributed by atoms with Crippen molar-refractivity contribution in [2.45, 2.75) is 19.4 Å². The van der Waals surface area contributed by atoms with Crippen molar-refractivity contribution in [1.82, 2.24) is 10.3 Å². The molecule has 98 valence electrons. The van der Waals surface area contributed by atoms with E-state index in [0.29, 0.717) is 5.56 Å². The van der Waals surface area contributed by atoms with Gasteiger partial charge in [-0.25, -0.2) is 0 Å². The number of carbonyl (C=O) groups is 1. The quantitative estimate of drug-likeness (QED) is 0.941. The summed E-state index contributed by atoms with van der Waals surface area (Å²) < 4.78 is 0.787. The zero-order valence-electron chi connectivity index (χ0n) is 10.9. The Morgan fingerprint density at radius 3 is 2.58 bits per heavy atom. The highest BCUT2D eigenvalue weighted by molar-refractivity contribution is 9.10. The second-order valence-corrected chi connectivity index (χ2v) is 5.66. The van der Waals surface area contributed by atoms with Gasteiger partial charge in [0.15, 0.2) is 0 Å². The van der Waals surface area contributed by atoms with Gasteiger partial charge < -0.3 is 5.32 Å². The summed E-state index contributed by atoms with van der Waals surface area (Å²) in [5.41, 5.74) is 1.12. The number of pyridine rings is 1. The molecule has 0 aliphatic heterocycles. The van der Waals surface area contributed by atoms with Gasteiger partial charge in [0.05, 0.1) is 11.1 Å². The smallest absolute Gasteiger partial charge is 0.253 e. The maximum atomic E-state index is 12.3. The van der Waals surface area contributed by atoms with Crippen LogP contribution in [0.2, 0.25) is 0 Å². The lowest BCUT2D eigenvalue weighted by Crippen LogP contribution is -2.41. The molecule has 0 aliphatic rings. The molecule has 1 amide bonds. The second kappa shape index (κ2) is 5.53. The van der Waals surface area contributed by atoms with Gasteiger partial charge in [-0.3, -0.25) is 9.78 Å². The highest BCUT2D eigenvalue weighted by atomic mass is 79.9. The highest BCUT2D eigenvalue weighted by Gasteiger charge is 2.24. The average molecular weight is 319 g/mol. The van der Waals surface area contributed by atoms with E-state index in [1.165, 1.54) is 0 Å². The van der Waals surface area contributed by atoms with Crippen LogP contribution in [-0.4, -0.2) is 10.9 Å². The van der Waals surface area contributed by atoms with E-state index in [4.69, 9.17) is 0 Å². The highest BCUT2D eigenvalue weighted by Crippen LogP contribution is 2.21. The van der Waals surface area contributed by atoms with Gasteiger partial charge in [0.2, 0.25) is 0 Å². The molecule has 19 heavy (non-hydrogen) atoms. The van der Waals surface area contributed by atoms with Crippen LogP contribution in [0, 0.1) is 0 Å². The molecule has 0 unspecified atom stereocenters. The minimum atomic E-state index is -0.472. The number of halogens is 1. The topological polar surface area (TPSA) is 42.0 Å². The Bertz CT molecular complexity index is 582. The molecule has 0 spiro atoms. The van der Waals surface area contributed by atoms with Crippen LogP contribution in [0.4, 0.5) is 0 Å². The molecule has 0 saturated heterocycles. The van der Waals surface area contributed by atoms with Crippen LogP contribution in [0.5, 0.6) is 0 Å². The van der Waals surface area contributed by atoms with E-state index in [-0.39, 0.29) is 5.91 Å². The lowest BCUT2D eigenvalue weighted by Gasteiger charge is -2.26. The molecule has 2 aromatic rings. The molecule has 1 N–H and O–H groups in total. The van der Waals surface area contributed by atoms with Gasteiger partial charge in [-0.05, 0) is 53.5 Å². The van der Waals surface area contributed by atoms with Gasteiger partial charge in [-0.2, -0.15) is 0 Å². The number of hydrogen-bond acceptors (Lipinski definition) is 2. The Hall–Kier alpha value is -1.68. The Balaban J connectivity index is 2.22. The molecule has 0 radical (unpaired) electrons. The van der Waals surface area contributed by atoms with Crippen molar-refractivity contribution < 1.29 is 4.79 Å². The third kappa shape index (κ3) is 3.20. The summed E-state index contributed by atoms with van der Waals surface area (Å²) in [5.74, 6) is -0.110. The fourth-order valence-electron chi connectivity index (χ4n) is 1.80. The van der Waals surface area contributed by atoms with E-state index in [1.54, 1.807) is 18.5 Å². The number of nitrogens with zero attached hydrogens (tertiary/aromatic N) is 1. The number of carbonyl (C=O) groups excluding carboxylic acids is 1. The molecule has 0 bridgehead atoms. The first-order valence-electron chi connectivity index (χ1n) is 5.98. The van der Waals surface area contributed by atoms with Crippen LogP contribution in [0.3, 0.4) is 0 Å². The van der Waals surface area contributed by atoms with Crippen molar-refractivity contribution in [2.75, 3.05) is 0 Å². The van der Waals surface area contributed by atoms with Crippen molar-refractivity contribution in [2.24, 2.45) is 0 Å². The number of benzene rings is 1. The van der Waals surface area contributed by atoms with Gasteiger partial charge in [-0.1, -0.05) is 18.2 Å². The summed E-state index contributed by atoms with van der Waals surface area (Å²) in [4.78, 5) is 16.4. The molecule has 3 nitrogen and oxygen atoms in total. The average Bonchev–Trinajstić information content (AvgIpc) is 2.39. The fraction of sp³-hybridized carbons (Fsp3) is 0.200. The van der Waals surface area contributed by atoms with Crippen LogP contribution < -0.4 is 5.32 Å². The first kappa shape index (κ1) is 13.7. The SMILES string of the molecule is CC(C)(NC(=O)c1ccccc1Br)c1cccnc1. The zero-order valence-corrected chi connectivity index (χ0v) is 12.4. The summed E-state index contributed by atoms with van der Waals surface area (Å²) in [5, 5.41) is 3.02. The number of nitrogens with one attached hydrogen (secondary N) is 1. The lowest BCUT2D eigenvalue weighted by atomic mass is 9.95. The van der Waals surface area contributed by atoms with Crippen molar-refractivity contribution in [3.8, 4) is 0 Å². The molecule has 0 atom stereocenters. The number of rotatable bonds is 3. The Kier molecular flexibility index (Phi) is 4.00. The maximum absolute atomic E-state index is 12.3. The Morgan fingerprint density at radius 1 is 1.21 bits per heavy atom. The number of aromatic nitrogens is 1. The molecule has 4 heteroatoms. The van der Waals surface area contributed by atoms with E-state index >= 15 is 0 Å². The molecule has 1 aromatic heterocycles. The minimum Gasteiger partial charge on any atom is -0.343 e. The normalized spacial score (nSPS) is 11.1. The third-order valence-electron chi connectivity index (χ3n) is 2.93. The summed E-state index contributed by atoms with van der Waals surface area (Å²) in [7, 11) is 0. The molecule has 2 rings (SSSR count). The molecule has 1 aromatic carbocycles. The van der Waals surface area contributed by atoms with E-state index < -0.39 is 5.54 Å². The molecular weight excluding hydrogens is 304 g/mol. The van der Waals surface area contributed by atoms with Gasteiger partial charge in [-0.15, -0.1) is 0 Å². The lowest BCUT2D eigenvalue weighted by molar-refractivity contribution is 0.0911. The fourth-order valence-corrected chi connectivity index (χ4v) is 2.27. The number of amides is 1. The van der Waals surface area contributed by atoms with E-state index in [0.717, 1.165) is 10.0 Å². The third-order valence-corrected chi connectivity index (χ3v) is 3.62. The predicted octanol–water partition coefficient (Wildman–Crippen LogP) is 3.51. The number of hydrogen-bond donors (Lipinski definition) is 1. The van der Waals surface area contributed by atoms with Crippen molar-refractivity contribution in [3.05, 3.63) is 64.4 Å². The van der Waals surface area contributed by atoms with E-state index in [9.17, 15) is 4.79 Å². The molecular formula is C15H15BrN2O. The Labute approximate surface area is 121 Å². The first-order chi connectivity index (χ1) is 9.00. The van der Waals surface area contributed by atoms with Gasteiger partial charge in [0.25, 0.3) is 5.91 Å². The molecule has 0 aliphatic carbocycles. The summed E-state index contributed by atoms with van der Waals surface area (Å²) in [6, 6.07) is 11.2. The minimum absolute atomic E-state index is 0.110. The van der Waals surface area contributed by atoms with Crippen LogP contribution in [0.15, 0.2) is 53.3 Å². The van der Waals surface area contributed by atoms with Crippen molar-refractivity contribution in [3.63, 3.8) is 0 Å². The second-order valence-electron chi connectivity index (χ2n) is 4.80. The van der Waals surface area contributed by atoms with Crippen LogP contribution in [0.1, 0.15) is 29.8 Å². The van der Waals surface area contributed by atoms with Crippen LogP contribution in [0.25, 0.3) is 0 Å². The standard InChI is InChI=1S/C15H15BrN2O/c1-15(2,11-6-5-9-17-10-11)18-14(19)12-7-3-4-8-13(12)16/h3-10H,1-2H3,(H,18,19). The van der Waals surface area contributed by atoms with E-state index in [2.05, 4.69) is 26.2 Å². The summed E-state index contributed by atoms with van der Waals surface area (Å²) in [6.07, 6.45) is 3.48. The monoisotopic (exact) mass is 318 g/mol. The van der Waals surface area contributed by atoms with Gasteiger partial charge in [0.1, 0.15) is 0 Å². The van der Waals surface area contributed by atoms with E-state index in [1.807, 2.05) is 44.2 Å². The van der Waals surface area contributed by atoms with Crippen LogP contribution >= 0.6 is 15.9 Å². The maximum Gasteiger partial charge on any atom is 0.253 e. The molecule has 0 fully saturated rings. The van der Waals surface area contributed by atoms with Gasteiger partial charge >= 0.3 is 0 Å². The zero-order chi connectivity index (χ0) is 13.9. The van der Waals surface area contributed by atoms with Crippen molar-refractivity contribution >= 4 is 21.8 Å². The largest absolute Gasteiger partial charge is 0.343 e. The summed E-state index contributed by atoms with van der Waals surface area (Å²) >= 11 is 3.39. The first-order valence-corrected chi connectivity index (χ1v) is 6.77. The summed E-state index contributed by atoms with van der Waals surface area (Å²) in [6.45, 7) is 3.91. The molecule has 0 saturated carbocycles.